The van der Waals surface area contributed by atoms with Gasteiger partial charge in [-0.3, -0.25) is 0 Å². The van der Waals surface area contributed by atoms with Crippen LogP contribution >= 0.6 is 0 Å². The lowest BCUT2D eigenvalue weighted by atomic mass is 9.80. The lowest BCUT2D eigenvalue weighted by Crippen LogP contribution is -2.43. The third-order valence-electron chi connectivity index (χ3n) is 2.92. The van der Waals surface area contributed by atoms with Gasteiger partial charge in [-0.05, 0) is 18.3 Å². The molecule has 0 saturated carbocycles. The van der Waals surface area contributed by atoms with Crippen LogP contribution in [0.4, 0.5) is 0 Å². The van der Waals surface area contributed by atoms with Crippen LogP contribution in [0.15, 0.2) is 24.9 Å². The molecule has 0 aliphatic heterocycles. The Bertz CT molecular complexity index is 219. The standard InChI is InChI=1S/C13H26N2/c1-7-9-13(4,5)12(14)11(3)15(6)10-8-2/h7,12H,1,3,8-10,14H2,2,4-6H3. The SMILES string of the molecule is C=CCC(C)(C)C(N)C(=C)N(C)CCC. The van der Waals surface area contributed by atoms with Gasteiger partial charge in [-0.1, -0.05) is 33.4 Å². The van der Waals surface area contributed by atoms with Crippen LogP contribution in [-0.4, -0.2) is 24.5 Å². The van der Waals surface area contributed by atoms with Crippen molar-refractivity contribution in [2.75, 3.05) is 13.6 Å². The molecule has 2 nitrogen and oxygen atoms in total. The number of rotatable bonds is 7. The van der Waals surface area contributed by atoms with Crippen molar-refractivity contribution in [1.82, 2.24) is 4.90 Å². The van der Waals surface area contributed by atoms with Crippen LogP contribution in [0.3, 0.4) is 0 Å². The van der Waals surface area contributed by atoms with Gasteiger partial charge in [0.15, 0.2) is 0 Å². The summed E-state index contributed by atoms with van der Waals surface area (Å²) < 4.78 is 0. The van der Waals surface area contributed by atoms with Gasteiger partial charge in [-0.25, -0.2) is 0 Å². The van der Waals surface area contributed by atoms with E-state index in [9.17, 15) is 0 Å². The average molecular weight is 210 g/mol. The van der Waals surface area contributed by atoms with Gasteiger partial charge in [0.25, 0.3) is 0 Å². The number of likely N-dealkylation sites (N-methyl/N-ethyl adjacent to an activating group) is 1. The van der Waals surface area contributed by atoms with Crippen LogP contribution in [0.2, 0.25) is 0 Å². The summed E-state index contributed by atoms with van der Waals surface area (Å²) >= 11 is 0. The normalized spacial score (nSPS) is 13.4. The largest absolute Gasteiger partial charge is 0.377 e. The van der Waals surface area contributed by atoms with Gasteiger partial charge in [-0.15, -0.1) is 6.58 Å². The number of nitrogens with two attached hydrogens (primary N) is 1. The predicted octanol–water partition coefficient (Wildman–Crippen LogP) is 2.77. The van der Waals surface area contributed by atoms with Crippen LogP contribution in [0, 0.1) is 5.41 Å². The molecule has 0 aliphatic carbocycles. The molecule has 1 unspecified atom stereocenters. The zero-order valence-corrected chi connectivity index (χ0v) is 10.7. The van der Waals surface area contributed by atoms with Crippen LogP contribution in [-0.2, 0) is 0 Å². The predicted molar refractivity (Wildman–Crippen MR) is 68.6 cm³/mol. The van der Waals surface area contributed by atoms with Gasteiger partial charge in [0.05, 0.1) is 0 Å². The van der Waals surface area contributed by atoms with E-state index in [1.54, 1.807) is 0 Å². The molecule has 0 amide bonds. The molecule has 0 aromatic carbocycles. The number of allylic oxidation sites excluding steroid dienone is 1. The average Bonchev–Trinajstić information content (AvgIpc) is 2.15. The Balaban J connectivity index is 4.48. The molecule has 0 saturated heterocycles. The summed E-state index contributed by atoms with van der Waals surface area (Å²) in [7, 11) is 2.05. The summed E-state index contributed by atoms with van der Waals surface area (Å²) in [6.07, 6.45) is 3.95. The molecule has 0 heterocycles. The quantitative estimate of drug-likeness (QED) is 0.655. The lowest BCUT2D eigenvalue weighted by Gasteiger charge is -2.36. The molecule has 1 atom stereocenters. The fraction of sp³-hybridized carbons (Fsp3) is 0.692. The summed E-state index contributed by atoms with van der Waals surface area (Å²) in [6, 6.07) is -0.00736. The summed E-state index contributed by atoms with van der Waals surface area (Å²) in [5, 5.41) is 0. The first-order valence-corrected chi connectivity index (χ1v) is 5.63. The first-order chi connectivity index (χ1) is 6.86. The molecule has 0 fully saturated rings. The van der Waals surface area contributed by atoms with E-state index in [4.69, 9.17) is 5.73 Å². The van der Waals surface area contributed by atoms with Gasteiger partial charge in [0, 0.05) is 25.3 Å². The fourth-order valence-corrected chi connectivity index (χ4v) is 1.67. The zero-order valence-electron chi connectivity index (χ0n) is 10.7. The van der Waals surface area contributed by atoms with Crippen molar-refractivity contribution in [3.05, 3.63) is 24.9 Å². The summed E-state index contributed by atoms with van der Waals surface area (Å²) in [6.45, 7) is 15.3. The van der Waals surface area contributed by atoms with Crippen LogP contribution in [0.5, 0.6) is 0 Å². The third kappa shape index (κ3) is 4.08. The highest BCUT2D eigenvalue weighted by atomic mass is 15.1. The van der Waals surface area contributed by atoms with E-state index < -0.39 is 0 Å². The molecular weight excluding hydrogens is 184 g/mol. The lowest BCUT2D eigenvalue weighted by molar-refractivity contribution is 0.266. The Labute approximate surface area is 94.8 Å². The molecule has 0 aliphatic rings. The Hall–Kier alpha value is -0.760. The van der Waals surface area contributed by atoms with Crippen molar-refractivity contribution in [1.29, 1.82) is 0 Å². The summed E-state index contributed by atoms with van der Waals surface area (Å²) in [5.74, 6) is 0. The van der Waals surface area contributed by atoms with Gasteiger partial charge in [-0.2, -0.15) is 0 Å². The molecule has 0 rings (SSSR count). The Morgan fingerprint density at radius 3 is 2.47 bits per heavy atom. The summed E-state index contributed by atoms with van der Waals surface area (Å²) in [4.78, 5) is 2.15. The minimum Gasteiger partial charge on any atom is -0.377 e. The number of nitrogens with zero attached hydrogens (tertiary/aromatic N) is 1. The maximum absolute atomic E-state index is 6.22. The van der Waals surface area contributed by atoms with E-state index in [0.717, 1.165) is 25.1 Å². The Morgan fingerprint density at radius 2 is 2.07 bits per heavy atom. The van der Waals surface area contributed by atoms with E-state index in [1.165, 1.54) is 0 Å². The molecular formula is C13H26N2. The van der Waals surface area contributed by atoms with E-state index in [2.05, 4.69) is 45.9 Å². The van der Waals surface area contributed by atoms with Gasteiger partial charge < -0.3 is 10.6 Å². The molecule has 88 valence electrons. The van der Waals surface area contributed by atoms with Crippen molar-refractivity contribution >= 4 is 0 Å². The van der Waals surface area contributed by atoms with E-state index in [0.29, 0.717) is 0 Å². The van der Waals surface area contributed by atoms with E-state index in [1.807, 2.05) is 6.08 Å². The van der Waals surface area contributed by atoms with Crippen LogP contribution < -0.4 is 5.73 Å². The smallest absolute Gasteiger partial charge is 0.0495 e. The highest BCUT2D eigenvalue weighted by Crippen LogP contribution is 2.28. The second-order valence-corrected chi connectivity index (χ2v) is 4.87. The molecule has 15 heavy (non-hydrogen) atoms. The maximum atomic E-state index is 6.22. The zero-order chi connectivity index (χ0) is 12.1. The van der Waals surface area contributed by atoms with Crippen molar-refractivity contribution in [2.24, 2.45) is 11.1 Å². The highest BCUT2D eigenvalue weighted by molar-refractivity contribution is 5.09. The second-order valence-electron chi connectivity index (χ2n) is 4.87. The molecule has 0 aromatic rings. The van der Waals surface area contributed by atoms with Crippen molar-refractivity contribution in [3.63, 3.8) is 0 Å². The molecule has 2 heteroatoms. The Kier molecular flexibility index (Phi) is 5.66. The van der Waals surface area contributed by atoms with Gasteiger partial charge >= 0.3 is 0 Å². The first-order valence-electron chi connectivity index (χ1n) is 5.63. The minimum absolute atomic E-state index is 0.00736. The highest BCUT2D eigenvalue weighted by Gasteiger charge is 2.28. The molecule has 0 bridgehead atoms. The minimum atomic E-state index is -0.00736. The van der Waals surface area contributed by atoms with Gasteiger partial charge in [0.2, 0.25) is 0 Å². The van der Waals surface area contributed by atoms with Crippen molar-refractivity contribution in [3.8, 4) is 0 Å². The van der Waals surface area contributed by atoms with Crippen LogP contribution in [0.25, 0.3) is 0 Å². The monoisotopic (exact) mass is 210 g/mol. The first kappa shape index (κ1) is 14.2. The van der Waals surface area contributed by atoms with E-state index >= 15 is 0 Å². The third-order valence-corrected chi connectivity index (χ3v) is 2.92. The maximum Gasteiger partial charge on any atom is 0.0495 e. The van der Waals surface area contributed by atoms with E-state index in [-0.39, 0.29) is 11.5 Å². The molecule has 0 spiro atoms. The number of hydrogen-bond donors (Lipinski definition) is 1. The van der Waals surface area contributed by atoms with Crippen molar-refractivity contribution < 1.29 is 0 Å². The van der Waals surface area contributed by atoms with Crippen LogP contribution in [0.1, 0.15) is 33.6 Å². The second kappa shape index (κ2) is 5.96. The fourth-order valence-electron chi connectivity index (χ4n) is 1.67. The topological polar surface area (TPSA) is 29.3 Å². The molecule has 0 aromatic heterocycles. The number of hydrogen-bond acceptors (Lipinski definition) is 2. The van der Waals surface area contributed by atoms with Gasteiger partial charge in [0.1, 0.15) is 0 Å². The van der Waals surface area contributed by atoms with Crippen molar-refractivity contribution in [2.45, 2.75) is 39.7 Å². The molecule has 2 N–H and O–H groups in total. The summed E-state index contributed by atoms with van der Waals surface area (Å²) in [5.41, 5.74) is 7.27. The Morgan fingerprint density at radius 1 is 1.53 bits per heavy atom. The molecule has 0 radical (unpaired) electrons.